The lowest BCUT2D eigenvalue weighted by molar-refractivity contribution is -0.152. The Morgan fingerprint density at radius 2 is 1.76 bits per heavy atom. The van der Waals surface area contributed by atoms with Crippen LogP contribution in [0.25, 0.3) is 0 Å². The Morgan fingerprint density at radius 1 is 1.12 bits per heavy atom. The average molecular weight is 482 g/mol. The summed E-state index contributed by atoms with van der Waals surface area (Å²) in [5, 5.41) is 2.83. The van der Waals surface area contributed by atoms with E-state index in [0.717, 1.165) is 25.5 Å². The van der Waals surface area contributed by atoms with Gasteiger partial charge >= 0.3 is 13.1 Å². The molecule has 0 heterocycles. The topological polar surface area (TPSA) is 73.9 Å². The summed E-state index contributed by atoms with van der Waals surface area (Å²) >= 11 is 6.44. The predicted molar refractivity (Wildman–Crippen MR) is 123 cm³/mol. The average Bonchev–Trinajstić information content (AvgIpc) is 2.71. The minimum atomic E-state index is -1.56. The number of rotatable bonds is 10. The van der Waals surface area contributed by atoms with E-state index in [2.05, 4.69) is 5.32 Å². The number of anilines is 1. The van der Waals surface area contributed by atoms with Gasteiger partial charge in [-0.3, -0.25) is 9.59 Å². The lowest BCUT2D eigenvalue weighted by atomic mass is 9.77. The Balaban J connectivity index is 2.28. The van der Waals surface area contributed by atoms with Gasteiger partial charge in [-0.15, -0.1) is 0 Å². The van der Waals surface area contributed by atoms with Crippen LogP contribution < -0.4 is 10.8 Å². The molecule has 0 fully saturated rings. The number of amides is 1. The van der Waals surface area contributed by atoms with Crippen molar-refractivity contribution in [3.8, 4) is 0 Å². The molecule has 0 spiro atoms. The third-order valence-electron chi connectivity index (χ3n) is 4.83. The molecule has 1 unspecified atom stereocenters. The van der Waals surface area contributed by atoms with E-state index in [4.69, 9.17) is 25.6 Å². The van der Waals surface area contributed by atoms with Gasteiger partial charge in [0, 0.05) is 46.9 Å². The van der Waals surface area contributed by atoms with Crippen LogP contribution in [-0.4, -0.2) is 31.2 Å². The predicted octanol–water partition coefficient (Wildman–Crippen LogP) is 4.80. The van der Waals surface area contributed by atoms with Gasteiger partial charge in [-0.2, -0.15) is 0 Å². The third kappa shape index (κ3) is 7.80. The van der Waals surface area contributed by atoms with Gasteiger partial charge in [0.1, 0.15) is 11.6 Å². The number of hydrogen-bond donors (Lipinski definition) is 1. The first-order valence-corrected chi connectivity index (χ1v) is 10.9. The van der Waals surface area contributed by atoms with Crippen molar-refractivity contribution in [2.24, 2.45) is 0 Å². The van der Waals surface area contributed by atoms with Crippen LogP contribution >= 0.6 is 11.6 Å². The first-order valence-electron chi connectivity index (χ1n) is 10.5. The first-order chi connectivity index (χ1) is 15.5. The fourth-order valence-corrected chi connectivity index (χ4v) is 3.15. The van der Waals surface area contributed by atoms with Gasteiger partial charge in [0.2, 0.25) is 6.10 Å². The van der Waals surface area contributed by atoms with Crippen LogP contribution in [0.1, 0.15) is 52.7 Å². The maximum Gasteiger partial charge on any atom is 0.495 e. The van der Waals surface area contributed by atoms with E-state index in [1.165, 1.54) is 6.07 Å². The van der Waals surface area contributed by atoms with Gasteiger partial charge < -0.3 is 19.4 Å². The Labute approximate surface area is 197 Å². The number of esters is 1. The molecule has 6 nitrogen and oxygen atoms in total. The molecule has 0 aliphatic carbocycles. The van der Waals surface area contributed by atoms with Gasteiger partial charge in [-0.25, -0.2) is 8.78 Å². The van der Waals surface area contributed by atoms with Crippen LogP contribution in [0.3, 0.4) is 0 Å². The summed E-state index contributed by atoms with van der Waals surface area (Å²) in [5.41, 5.74) is 0.261. The highest BCUT2D eigenvalue weighted by Gasteiger charge is 2.31. The summed E-state index contributed by atoms with van der Waals surface area (Å²) in [7, 11) is -0.716. The van der Waals surface area contributed by atoms with Crippen LogP contribution in [0.4, 0.5) is 14.5 Å². The van der Waals surface area contributed by atoms with Gasteiger partial charge in [0.05, 0.1) is 0 Å². The number of benzene rings is 2. The highest BCUT2D eigenvalue weighted by Crippen LogP contribution is 2.24. The lowest BCUT2D eigenvalue weighted by Gasteiger charge is -2.28. The molecule has 178 valence electrons. The maximum atomic E-state index is 13.6. The van der Waals surface area contributed by atoms with E-state index in [1.807, 2.05) is 27.7 Å². The summed E-state index contributed by atoms with van der Waals surface area (Å²) in [6, 6.07) is 7.20. The number of carbonyl (C=O) groups is 2. The molecule has 33 heavy (non-hydrogen) atoms. The normalized spacial score (nSPS) is 12.2. The van der Waals surface area contributed by atoms with Crippen LogP contribution in [0.5, 0.6) is 0 Å². The number of nitrogens with one attached hydrogen (secondary N) is 1. The molecular weight excluding hydrogens is 455 g/mol. The number of carbonyl (C=O) groups excluding carboxylic acids is 2. The van der Waals surface area contributed by atoms with Crippen molar-refractivity contribution in [1.82, 2.24) is 0 Å². The second-order valence-electron chi connectivity index (χ2n) is 7.94. The Morgan fingerprint density at radius 3 is 2.27 bits per heavy atom. The molecule has 0 aliphatic heterocycles. The molecule has 0 saturated heterocycles. The van der Waals surface area contributed by atoms with Crippen molar-refractivity contribution in [2.45, 2.75) is 52.7 Å². The number of halogens is 3. The molecule has 0 aliphatic rings. The monoisotopic (exact) mass is 481 g/mol. The highest BCUT2D eigenvalue weighted by molar-refractivity contribution is 6.65. The molecule has 1 amide bonds. The van der Waals surface area contributed by atoms with Crippen LogP contribution in [0.15, 0.2) is 36.4 Å². The van der Waals surface area contributed by atoms with Crippen LogP contribution in [-0.2, 0) is 23.6 Å². The Kier molecular flexibility index (Phi) is 9.40. The van der Waals surface area contributed by atoms with Gasteiger partial charge in [0.15, 0.2) is 0 Å². The fourth-order valence-electron chi connectivity index (χ4n) is 2.88. The van der Waals surface area contributed by atoms with E-state index in [-0.39, 0.29) is 16.3 Å². The van der Waals surface area contributed by atoms with Gasteiger partial charge in [-0.1, -0.05) is 24.6 Å². The molecular formula is C23H27BClF2NO5. The quantitative estimate of drug-likeness (QED) is 0.390. The summed E-state index contributed by atoms with van der Waals surface area (Å²) in [6.07, 6.45) is -0.809. The first kappa shape index (κ1) is 26.8. The van der Waals surface area contributed by atoms with Crippen molar-refractivity contribution in [1.29, 1.82) is 0 Å². The fraction of sp³-hybridized carbons (Fsp3) is 0.391. The Bertz CT molecular complexity index is 985. The van der Waals surface area contributed by atoms with Gasteiger partial charge in [-0.05, 0) is 51.5 Å². The molecule has 1 atom stereocenters. The van der Waals surface area contributed by atoms with Crippen LogP contribution in [0, 0.1) is 11.6 Å². The van der Waals surface area contributed by atoms with Crippen molar-refractivity contribution < 1.29 is 32.4 Å². The van der Waals surface area contributed by atoms with E-state index in [0.29, 0.717) is 18.1 Å². The van der Waals surface area contributed by atoms with Crippen LogP contribution in [0.2, 0.25) is 5.02 Å². The van der Waals surface area contributed by atoms with E-state index in [9.17, 15) is 18.4 Å². The molecule has 0 radical (unpaired) electrons. The molecule has 10 heteroatoms. The largest absolute Gasteiger partial charge is 0.495 e. The molecule has 2 aromatic carbocycles. The zero-order valence-electron chi connectivity index (χ0n) is 19.2. The summed E-state index contributed by atoms with van der Waals surface area (Å²) in [5.74, 6) is -3.40. The number of ether oxygens (including phenoxy) is 1. The standard InChI is InChI=1S/C23H27BClF2NO5/c1-6-23(4,5)33-24(31-7-2)19-9-8-18(13-20(19)25)28-22(30)21(32-14(3)29)15-10-16(26)12-17(27)11-15/h8-13,21H,6-7H2,1-5H3,(H,28,30). The highest BCUT2D eigenvalue weighted by atomic mass is 35.5. The molecule has 2 rings (SSSR count). The lowest BCUT2D eigenvalue weighted by Crippen LogP contribution is -2.44. The molecule has 0 aromatic heterocycles. The molecule has 0 saturated carbocycles. The van der Waals surface area contributed by atoms with E-state index >= 15 is 0 Å². The SMILES string of the molecule is CCOB(OC(C)(C)CC)c1ccc(NC(=O)C(OC(C)=O)c2cc(F)cc(F)c2)cc1Cl. The third-order valence-corrected chi connectivity index (χ3v) is 5.15. The second kappa shape index (κ2) is 11.6. The maximum absolute atomic E-state index is 13.6. The van der Waals surface area contributed by atoms with Crippen molar-refractivity contribution in [3.05, 3.63) is 58.6 Å². The van der Waals surface area contributed by atoms with E-state index in [1.54, 1.807) is 12.1 Å². The smallest absolute Gasteiger partial charge is 0.447 e. The molecule has 2 aromatic rings. The zero-order valence-corrected chi connectivity index (χ0v) is 20.0. The second-order valence-corrected chi connectivity index (χ2v) is 8.34. The summed E-state index contributed by atoms with van der Waals surface area (Å²) in [6.45, 7) is 9.19. The minimum Gasteiger partial charge on any atom is -0.447 e. The Hall–Kier alpha value is -2.49. The molecule has 1 N–H and O–H groups in total. The van der Waals surface area contributed by atoms with Crippen molar-refractivity contribution in [3.63, 3.8) is 0 Å². The number of hydrogen-bond acceptors (Lipinski definition) is 5. The minimum absolute atomic E-state index is 0.144. The van der Waals surface area contributed by atoms with E-state index < -0.39 is 42.3 Å². The van der Waals surface area contributed by atoms with Crippen molar-refractivity contribution >= 4 is 41.7 Å². The summed E-state index contributed by atoms with van der Waals surface area (Å²) < 4.78 is 44.1. The van der Waals surface area contributed by atoms with Gasteiger partial charge in [0.25, 0.3) is 5.91 Å². The molecule has 0 bridgehead atoms. The summed E-state index contributed by atoms with van der Waals surface area (Å²) in [4.78, 5) is 24.3. The zero-order chi connectivity index (χ0) is 24.8. The van der Waals surface area contributed by atoms with Crippen molar-refractivity contribution in [2.75, 3.05) is 11.9 Å².